The molecule has 0 unspecified atom stereocenters. The Morgan fingerprint density at radius 1 is 1.00 bits per heavy atom. The third kappa shape index (κ3) is 3.19. The zero-order chi connectivity index (χ0) is 13.7. The molecule has 0 bridgehead atoms. The Morgan fingerprint density at radius 2 is 1.63 bits per heavy atom. The molecular formula is C18H19N. The van der Waals surface area contributed by atoms with Gasteiger partial charge in [0.2, 0.25) is 0 Å². The number of benzene rings is 2. The average molecular weight is 249 g/mol. The van der Waals surface area contributed by atoms with Gasteiger partial charge in [0, 0.05) is 16.6 Å². The smallest absolute Gasteiger partial charge is 0.0476 e. The van der Waals surface area contributed by atoms with Gasteiger partial charge in [0.25, 0.3) is 0 Å². The monoisotopic (exact) mass is 249 g/mol. The maximum absolute atomic E-state index is 4.79. The number of nitrogens with zero attached hydrogens (tertiary/aromatic N) is 1. The van der Waals surface area contributed by atoms with E-state index < -0.39 is 0 Å². The number of rotatable bonds is 3. The lowest BCUT2D eigenvalue weighted by Gasteiger charge is -2.04. The van der Waals surface area contributed by atoms with Crippen LogP contribution in [0.3, 0.4) is 0 Å². The third-order valence-electron chi connectivity index (χ3n) is 3.15. The summed E-state index contributed by atoms with van der Waals surface area (Å²) in [5.41, 5.74) is 3.32. The van der Waals surface area contributed by atoms with Crippen LogP contribution in [0.1, 0.15) is 25.8 Å². The molecule has 0 amide bonds. The molecule has 1 nitrogen and oxygen atoms in total. The summed E-state index contributed by atoms with van der Waals surface area (Å²) in [6.07, 6.45) is 0.917. The van der Waals surface area contributed by atoms with Crippen LogP contribution in [0.15, 0.2) is 59.6 Å². The summed E-state index contributed by atoms with van der Waals surface area (Å²) in [6, 6.07) is 18.4. The Balaban J connectivity index is 2.54. The van der Waals surface area contributed by atoms with Crippen molar-refractivity contribution in [2.45, 2.75) is 20.3 Å². The minimum Gasteiger partial charge on any atom is -0.257 e. The Bertz CT molecular complexity index is 681. The van der Waals surface area contributed by atoms with E-state index in [1.54, 1.807) is 0 Å². The maximum Gasteiger partial charge on any atom is 0.0476 e. The van der Waals surface area contributed by atoms with E-state index in [2.05, 4.69) is 31.7 Å². The van der Waals surface area contributed by atoms with Gasteiger partial charge in [-0.05, 0) is 24.1 Å². The number of aliphatic imine (C=N–C) groups is 1. The van der Waals surface area contributed by atoms with Crippen LogP contribution in [0.25, 0.3) is 12.3 Å². The summed E-state index contributed by atoms with van der Waals surface area (Å²) in [7, 11) is 0. The van der Waals surface area contributed by atoms with Gasteiger partial charge in [0.1, 0.15) is 0 Å². The molecule has 0 fully saturated rings. The second-order valence-electron chi connectivity index (χ2n) is 4.52. The van der Waals surface area contributed by atoms with Gasteiger partial charge in [-0.25, -0.2) is 0 Å². The predicted molar refractivity (Wildman–Crippen MR) is 83.6 cm³/mol. The molecular weight excluding hydrogens is 230 g/mol. The summed E-state index contributed by atoms with van der Waals surface area (Å²) < 4.78 is 0. The van der Waals surface area contributed by atoms with Crippen molar-refractivity contribution in [2.24, 2.45) is 4.99 Å². The largest absolute Gasteiger partial charge is 0.257 e. The fourth-order valence-corrected chi connectivity index (χ4v) is 2.11. The molecule has 2 aromatic carbocycles. The van der Waals surface area contributed by atoms with Crippen LogP contribution in [-0.4, -0.2) is 5.71 Å². The molecule has 19 heavy (non-hydrogen) atoms. The Morgan fingerprint density at radius 3 is 2.26 bits per heavy atom. The highest BCUT2D eigenvalue weighted by Crippen LogP contribution is 2.07. The zero-order valence-corrected chi connectivity index (χ0v) is 11.6. The molecule has 0 saturated heterocycles. The summed E-state index contributed by atoms with van der Waals surface area (Å²) in [5, 5.41) is 2.14. The van der Waals surface area contributed by atoms with Crippen LogP contribution in [-0.2, 0) is 0 Å². The molecule has 0 atom stereocenters. The fraction of sp³-hybridized carbons (Fsp3) is 0.167. The summed E-state index contributed by atoms with van der Waals surface area (Å²) in [5.74, 6) is 0. The lowest BCUT2D eigenvalue weighted by Crippen LogP contribution is -2.24. The lowest BCUT2D eigenvalue weighted by molar-refractivity contribution is 1.25. The number of hydrogen-bond donors (Lipinski definition) is 0. The van der Waals surface area contributed by atoms with Crippen molar-refractivity contribution in [3.63, 3.8) is 0 Å². The molecule has 0 aliphatic rings. The van der Waals surface area contributed by atoms with Gasteiger partial charge in [-0.15, -0.1) is 0 Å². The van der Waals surface area contributed by atoms with E-state index in [0.29, 0.717) is 0 Å². The van der Waals surface area contributed by atoms with E-state index in [9.17, 15) is 0 Å². The minimum atomic E-state index is 0.917. The van der Waals surface area contributed by atoms with E-state index in [-0.39, 0.29) is 0 Å². The first-order valence-corrected chi connectivity index (χ1v) is 6.60. The molecule has 2 rings (SSSR count). The normalized spacial score (nSPS) is 13.3. The van der Waals surface area contributed by atoms with Gasteiger partial charge in [-0.3, -0.25) is 4.99 Å². The highest BCUT2D eigenvalue weighted by molar-refractivity contribution is 6.02. The van der Waals surface area contributed by atoms with Crippen LogP contribution in [0.5, 0.6) is 0 Å². The van der Waals surface area contributed by atoms with Crippen molar-refractivity contribution >= 4 is 18.0 Å². The molecule has 1 heteroatoms. The van der Waals surface area contributed by atoms with Crippen LogP contribution in [0.4, 0.5) is 0 Å². The first-order chi connectivity index (χ1) is 9.22. The van der Waals surface area contributed by atoms with Crippen molar-refractivity contribution in [3.8, 4) is 0 Å². The van der Waals surface area contributed by atoms with Gasteiger partial charge in [-0.2, -0.15) is 0 Å². The summed E-state index contributed by atoms with van der Waals surface area (Å²) in [4.78, 5) is 4.79. The molecule has 0 spiro atoms. The maximum atomic E-state index is 4.79. The van der Waals surface area contributed by atoms with Gasteiger partial charge in [-0.1, -0.05) is 68.1 Å². The molecule has 0 aliphatic heterocycles. The first-order valence-electron chi connectivity index (χ1n) is 6.60. The fourth-order valence-electron chi connectivity index (χ4n) is 2.11. The average Bonchev–Trinajstić information content (AvgIpc) is 2.46. The van der Waals surface area contributed by atoms with Crippen molar-refractivity contribution in [1.82, 2.24) is 0 Å². The van der Waals surface area contributed by atoms with E-state index >= 15 is 0 Å². The van der Waals surface area contributed by atoms with Gasteiger partial charge in [0.05, 0.1) is 0 Å². The molecule has 0 aliphatic carbocycles. The third-order valence-corrected chi connectivity index (χ3v) is 3.15. The van der Waals surface area contributed by atoms with E-state index in [4.69, 9.17) is 4.99 Å². The second-order valence-corrected chi connectivity index (χ2v) is 4.52. The summed E-state index contributed by atoms with van der Waals surface area (Å²) >= 11 is 0. The van der Waals surface area contributed by atoms with E-state index in [1.165, 1.54) is 5.56 Å². The van der Waals surface area contributed by atoms with Gasteiger partial charge < -0.3 is 0 Å². The molecule has 0 N–H and O–H groups in total. The molecule has 2 aromatic rings. The quantitative estimate of drug-likeness (QED) is 0.741. The van der Waals surface area contributed by atoms with E-state index in [1.807, 2.05) is 43.3 Å². The molecule has 0 aromatic heterocycles. The van der Waals surface area contributed by atoms with Gasteiger partial charge >= 0.3 is 0 Å². The van der Waals surface area contributed by atoms with Crippen molar-refractivity contribution in [2.75, 3.05) is 0 Å². The Kier molecular flexibility index (Phi) is 4.30. The second kappa shape index (κ2) is 6.14. The van der Waals surface area contributed by atoms with Crippen LogP contribution in [0, 0.1) is 0 Å². The summed E-state index contributed by atoms with van der Waals surface area (Å²) in [6.45, 7) is 8.24. The Labute approximate surface area is 114 Å². The standard InChI is InChI=1S/C18H19N/c1-4-18(16-11-6-5-7-12-16)19-15(3)17-13-9-8-10-14(17)2/h5-13H,2,4H2,1,3H3/b17-15-,19-18?. The van der Waals surface area contributed by atoms with Crippen molar-refractivity contribution in [1.29, 1.82) is 0 Å². The zero-order valence-electron chi connectivity index (χ0n) is 11.6. The first kappa shape index (κ1) is 13.3. The van der Waals surface area contributed by atoms with Crippen LogP contribution in [0.2, 0.25) is 0 Å². The van der Waals surface area contributed by atoms with Gasteiger partial charge in [0.15, 0.2) is 0 Å². The topological polar surface area (TPSA) is 12.4 Å². The van der Waals surface area contributed by atoms with Crippen LogP contribution < -0.4 is 10.4 Å². The Hall–Kier alpha value is -2.15. The lowest BCUT2D eigenvalue weighted by atomic mass is 10.1. The molecule has 0 saturated carbocycles. The number of hydrogen-bond acceptors (Lipinski definition) is 1. The molecule has 0 heterocycles. The SMILES string of the molecule is C=c1cccc/c1=C(\C)N=C(CC)c1ccccc1. The van der Waals surface area contributed by atoms with Crippen molar-refractivity contribution in [3.05, 3.63) is 70.6 Å². The van der Waals surface area contributed by atoms with Crippen LogP contribution >= 0.6 is 0 Å². The predicted octanol–water partition coefficient (Wildman–Crippen LogP) is 3.12. The highest BCUT2D eigenvalue weighted by atomic mass is 14.7. The molecule has 96 valence electrons. The highest BCUT2D eigenvalue weighted by Gasteiger charge is 2.00. The van der Waals surface area contributed by atoms with E-state index in [0.717, 1.165) is 28.3 Å². The minimum absolute atomic E-state index is 0.917. The molecule has 0 radical (unpaired) electrons. The van der Waals surface area contributed by atoms with Crippen molar-refractivity contribution < 1.29 is 0 Å².